The number of nitrogens with zero attached hydrogens (tertiary/aromatic N) is 2. The number of aliphatic hydroxyl groups excluding tert-OH is 5. The maximum absolute atomic E-state index is 14.2. The maximum Gasteiger partial charge on any atom is 0.344 e. The first-order valence-corrected chi connectivity index (χ1v) is 22.6. The van der Waals surface area contributed by atoms with Crippen molar-refractivity contribution in [1.82, 2.24) is 15.1 Å². The third kappa shape index (κ3) is 10.5. The van der Waals surface area contributed by atoms with Crippen molar-refractivity contribution >= 4 is 23.6 Å². The van der Waals surface area contributed by atoms with E-state index in [1.165, 1.54) is 46.3 Å². The Morgan fingerprint density at radius 3 is 2.31 bits per heavy atom. The zero-order valence-electron chi connectivity index (χ0n) is 39.6. The minimum Gasteiger partial charge on any atom is -0.509 e. The SMILES string of the molecule is CO[C@@H]1/C=C\O[C@@]2(C)OC3=C(C)C(=O)[C@H]4C(O)=C(NC(=O)/C(C)=C\C=C/[C@@H](C)[C@@H](O)[C@@H](C)[C@@H](O)[C@H](C)[C@H](OC(=O)COC(=O)CC5=CN(C)C=CC5)[C@H]1C)C(N1CCOCC1)=C(O)[C@H]4C3=C2O. The van der Waals surface area contributed by atoms with Gasteiger partial charge < -0.3 is 69.1 Å². The summed E-state index contributed by atoms with van der Waals surface area (Å²) in [5, 5.41) is 62.4. The molecule has 11 atom stereocenters. The molecule has 1 saturated heterocycles. The van der Waals surface area contributed by atoms with Gasteiger partial charge in [0, 0.05) is 75.2 Å². The fourth-order valence-corrected chi connectivity index (χ4v) is 9.48. The number of carbonyl (C=O) groups excluding carboxylic acids is 4. The molecule has 7 aliphatic rings. The Kier molecular flexibility index (Phi) is 15.9. The van der Waals surface area contributed by atoms with Gasteiger partial charge in [-0.15, -0.1) is 0 Å². The van der Waals surface area contributed by atoms with E-state index < -0.39 is 113 Å². The average Bonchev–Trinajstić information content (AvgIpc) is 3.56. The third-order valence-corrected chi connectivity index (χ3v) is 13.5. The van der Waals surface area contributed by atoms with Crippen molar-refractivity contribution in [1.29, 1.82) is 0 Å². The normalized spacial score (nSPS) is 35.0. The van der Waals surface area contributed by atoms with E-state index in [2.05, 4.69) is 5.32 Å². The summed E-state index contributed by atoms with van der Waals surface area (Å²) in [4.78, 5) is 57.8. The second-order valence-corrected chi connectivity index (χ2v) is 18.3. The Balaban J connectivity index is 1.38. The smallest absolute Gasteiger partial charge is 0.344 e. The highest BCUT2D eigenvalue weighted by Crippen LogP contribution is 2.54. The molecular weight excluding hydrogens is 871 g/mol. The van der Waals surface area contributed by atoms with Crippen LogP contribution in [0.3, 0.4) is 0 Å². The van der Waals surface area contributed by atoms with E-state index in [1.54, 1.807) is 49.6 Å². The second kappa shape index (κ2) is 21.0. The number of esters is 2. The molecule has 0 unspecified atom stereocenters. The molecule has 0 spiro atoms. The number of methoxy groups -OCH3 is 1. The highest BCUT2D eigenvalue weighted by atomic mass is 16.7. The van der Waals surface area contributed by atoms with Crippen LogP contribution in [0, 0.1) is 35.5 Å². The predicted octanol–water partition coefficient (Wildman–Crippen LogP) is 4.54. The summed E-state index contributed by atoms with van der Waals surface area (Å²) in [5.74, 6) is -12.0. The Labute approximate surface area is 390 Å². The summed E-state index contributed by atoms with van der Waals surface area (Å²) in [6.07, 6.45) is 9.12. The Morgan fingerprint density at radius 1 is 0.940 bits per heavy atom. The van der Waals surface area contributed by atoms with Crippen molar-refractivity contribution in [3.05, 3.63) is 106 Å². The van der Waals surface area contributed by atoms with Crippen LogP contribution in [0.15, 0.2) is 106 Å². The monoisotopic (exact) mass is 935 g/mol. The molecule has 7 rings (SSSR count). The Hall–Kier alpha value is -5.82. The predicted molar refractivity (Wildman–Crippen MR) is 241 cm³/mol. The van der Waals surface area contributed by atoms with Gasteiger partial charge in [0.2, 0.25) is 0 Å². The molecule has 2 aliphatic carbocycles. The molecule has 5 aliphatic heterocycles. The minimum absolute atomic E-state index is 0.00562. The molecule has 0 saturated carbocycles. The van der Waals surface area contributed by atoms with E-state index >= 15 is 0 Å². The van der Waals surface area contributed by atoms with Crippen LogP contribution in [-0.4, -0.2) is 136 Å². The van der Waals surface area contributed by atoms with Crippen LogP contribution in [0.5, 0.6) is 0 Å². The van der Waals surface area contributed by atoms with E-state index in [1.807, 2.05) is 25.5 Å². The molecule has 18 nitrogen and oxygen atoms in total. The molecule has 0 radical (unpaired) electrons. The zero-order valence-corrected chi connectivity index (χ0v) is 39.6. The lowest BCUT2D eigenvalue weighted by Crippen LogP contribution is -2.47. The van der Waals surface area contributed by atoms with Gasteiger partial charge in [0.05, 0.1) is 61.6 Å². The molecular formula is C49H65N3O15. The lowest BCUT2D eigenvalue weighted by atomic mass is 9.69. The number of ketones is 1. The van der Waals surface area contributed by atoms with Gasteiger partial charge in [-0.1, -0.05) is 52.0 Å². The van der Waals surface area contributed by atoms with Crippen molar-refractivity contribution < 1.29 is 73.1 Å². The van der Waals surface area contributed by atoms with Crippen molar-refractivity contribution in [2.45, 2.75) is 91.5 Å². The van der Waals surface area contributed by atoms with Crippen molar-refractivity contribution in [3.63, 3.8) is 0 Å². The summed E-state index contributed by atoms with van der Waals surface area (Å²) in [6, 6.07) is 0. The number of hydrogen-bond donors (Lipinski definition) is 6. The van der Waals surface area contributed by atoms with Crippen molar-refractivity contribution in [2.75, 3.05) is 47.1 Å². The summed E-state index contributed by atoms with van der Waals surface area (Å²) in [5.41, 5.74) is 0.869. The summed E-state index contributed by atoms with van der Waals surface area (Å²) in [7, 11) is 3.24. The lowest BCUT2D eigenvalue weighted by molar-refractivity contribution is -0.172. The maximum atomic E-state index is 14.2. The van der Waals surface area contributed by atoms with Gasteiger partial charge in [-0.25, -0.2) is 4.79 Å². The molecule has 366 valence electrons. The molecule has 0 aromatic carbocycles. The van der Waals surface area contributed by atoms with Gasteiger partial charge in [0.25, 0.3) is 5.91 Å². The van der Waals surface area contributed by atoms with Crippen LogP contribution >= 0.6 is 0 Å². The first-order valence-electron chi connectivity index (χ1n) is 22.6. The molecule has 6 N–H and O–H groups in total. The van der Waals surface area contributed by atoms with E-state index in [-0.39, 0.29) is 66.6 Å². The molecule has 67 heavy (non-hydrogen) atoms. The van der Waals surface area contributed by atoms with Gasteiger partial charge in [0.15, 0.2) is 18.1 Å². The molecule has 18 heteroatoms. The quantitative estimate of drug-likeness (QED) is 0.192. The number of carbonyl (C=O) groups is 4. The molecule has 1 amide bonds. The van der Waals surface area contributed by atoms with Crippen LogP contribution in [0.2, 0.25) is 0 Å². The number of aliphatic hydroxyl groups is 5. The van der Waals surface area contributed by atoms with E-state index in [0.717, 1.165) is 5.57 Å². The van der Waals surface area contributed by atoms with Gasteiger partial charge in [-0.2, -0.15) is 0 Å². The van der Waals surface area contributed by atoms with Gasteiger partial charge in [-0.05, 0) is 38.1 Å². The lowest BCUT2D eigenvalue weighted by Gasteiger charge is -2.41. The first-order chi connectivity index (χ1) is 31.7. The van der Waals surface area contributed by atoms with Gasteiger partial charge in [0.1, 0.15) is 34.8 Å². The number of rotatable bonds is 7. The molecule has 0 aromatic rings. The van der Waals surface area contributed by atoms with Crippen LogP contribution in [0.4, 0.5) is 0 Å². The highest BCUT2D eigenvalue weighted by molar-refractivity contribution is 6.03. The van der Waals surface area contributed by atoms with Crippen LogP contribution in [-0.2, 0) is 47.6 Å². The number of fused-ring (bicyclic) bond motifs is 13. The van der Waals surface area contributed by atoms with Crippen LogP contribution in [0.25, 0.3) is 0 Å². The van der Waals surface area contributed by atoms with Gasteiger partial charge >= 0.3 is 17.7 Å². The molecule has 0 aromatic heterocycles. The summed E-state index contributed by atoms with van der Waals surface area (Å²) in [6.45, 7) is 11.5. The van der Waals surface area contributed by atoms with E-state index in [4.69, 9.17) is 28.4 Å². The largest absolute Gasteiger partial charge is 0.509 e. The minimum atomic E-state index is -1.98. The number of ether oxygens (including phenoxy) is 6. The van der Waals surface area contributed by atoms with Crippen LogP contribution in [0.1, 0.15) is 61.3 Å². The fourth-order valence-electron chi connectivity index (χ4n) is 9.48. The zero-order chi connectivity index (χ0) is 49.1. The van der Waals surface area contributed by atoms with Gasteiger partial charge in [-0.3, -0.25) is 14.4 Å². The highest BCUT2D eigenvalue weighted by Gasteiger charge is 2.58. The summed E-state index contributed by atoms with van der Waals surface area (Å²) < 4.78 is 35.0. The standard InChI is InChI=1S/C49H65N3O15/c1-25-12-10-13-26(2)48(61)50-38-39(52-17-20-63-21-18-52)44(59)35-36(43(38)58)42(57)30(6)46-37(35)47(60)49(7,67-46)65-19-15-32(62-9)27(3)45(29(5)41(56)28(4)40(25)55)66-34(54)24-64-33(53)22-31-14-11-16-51(8)23-31/h10-13,15-16,19,23,25,27-29,32,35-36,40-41,45,55-56,58-60H,14,17-18,20-22,24H2,1-9H3,(H,50,61)/b12-10-,19-15-,26-13-/t25-,27+,28-,29+,32-,35-,36+,40-,41-,45-,49+/m1/s1. The fraction of sp³-hybridized carbons (Fsp3) is 0.551. The average molecular weight is 936 g/mol. The number of morpholine rings is 1. The molecule has 5 bridgehead atoms. The number of amides is 1. The molecule has 1 fully saturated rings. The summed E-state index contributed by atoms with van der Waals surface area (Å²) >= 11 is 0. The Bertz CT molecular complexity index is 2250. The second-order valence-electron chi connectivity index (χ2n) is 18.3. The number of Topliss-reactive ketones (excluding diaryl/α,β-unsaturated/α-hetero) is 1. The number of allylic oxidation sites excluding steroid dienone is 7. The third-order valence-electron chi connectivity index (χ3n) is 13.5. The van der Waals surface area contributed by atoms with E-state index in [9.17, 15) is 44.7 Å². The Morgan fingerprint density at radius 2 is 1.64 bits per heavy atom. The van der Waals surface area contributed by atoms with Crippen molar-refractivity contribution in [3.8, 4) is 0 Å². The van der Waals surface area contributed by atoms with E-state index in [0.29, 0.717) is 6.42 Å². The number of nitrogens with one attached hydrogen (secondary N) is 1. The molecule has 5 heterocycles. The number of hydrogen-bond acceptors (Lipinski definition) is 17. The van der Waals surface area contributed by atoms with Crippen LogP contribution < -0.4 is 5.32 Å². The first kappa shape index (κ1) is 50.6. The topological polar surface area (TPSA) is 243 Å². The van der Waals surface area contributed by atoms with Crippen molar-refractivity contribution in [2.24, 2.45) is 35.5 Å².